The Morgan fingerprint density at radius 1 is 1.40 bits per heavy atom. The highest BCUT2D eigenvalue weighted by Gasteiger charge is 2.23. The minimum absolute atomic E-state index is 0.267. The first-order chi connectivity index (χ1) is 7.27. The van der Waals surface area contributed by atoms with Gasteiger partial charge < -0.3 is 5.32 Å². The molecule has 2 rings (SSSR count). The Morgan fingerprint density at radius 2 is 2.13 bits per heavy atom. The van der Waals surface area contributed by atoms with Crippen LogP contribution in [0.4, 0.5) is 0 Å². The number of nitrogens with zero attached hydrogens (tertiary/aromatic N) is 2. The van der Waals surface area contributed by atoms with Gasteiger partial charge in [0.05, 0.1) is 6.04 Å². The van der Waals surface area contributed by atoms with Crippen LogP contribution >= 0.6 is 0 Å². The molecule has 1 aromatic heterocycles. The van der Waals surface area contributed by atoms with Crippen molar-refractivity contribution in [2.75, 3.05) is 0 Å². The first-order valence-corrected chi connectivity index (χ1v) is 5.88. The second kappa shape index (κ2) is 4.75. The van der Waals surface area contributed by atoms with Crippen molar-refractivity contribution in [2.24, 2.45) is 5.92 Å². The summed E-state index contributed by atoms with van der Waals surface area (Å²) in [7, 11) is 0. The summed E-state index contributed by atoms with van der Waals surface area (Å²) in [4.78, 5) is 4.17. The third-order valence-electron chi connectivity index (χ3n) is 3.46. The maximum atomic E-state index is 4.17. The van der Waals surface area contributed by atoms with E-state index >= 15 is 0 Å². The third-order valence-corrected chi connectivity index (χ3v) is 3.46. The predicted octanol–water partition coefficient (Wildman–Crippen LogP) is 2.03. The third kappa shape index (κ3) is 2.56. The van der Waals surface area contributed by atoms with Crippen molar-refractivity contribution >= 4 is 0 Å². The normalized spacial score (nSPS) is 21.7. The average Bonchev–Trinajstić information content (AvgIpc) is 2.91. The molecule has 2 N–H and O–H groups in total. The molecular weight excluding hydrogens is 188 g/mol. The lowest BCUT2D eigenvalue weighted by molar-refractivity contribution is 0.347. The molecule has 1 heterocycles. The number of nitrogens with one attached hydrogen (secondary N) is 2. The number of aromatic amines is 1. The van der Waals surface area contributed by atoms with E-state index in [0.717, 1.165) is 11.7 Å². The van der Waals surface area contributed by atoms with Crippen molar-refractivity contribution < 1.29 is 0 Å². The van der Waals surface area contributed by atoms with E-state index in [4.69, 9.17) is 0 Å². The van der Waals surface area contributed by atoms with E-state index in [2.05, 4.69) is 34.3 Å². The minimum atomic E-state index is 0.267. The number of hydrogen-bond donors (Lipinski definition) is 2. The summed E-state index contributed by atoms with van der Waals surface area (Å²) < 4.78 is 0. The van der Waals surface area contributed by atoms with Gasteiger partial charge in [-0.1, -0.05) is 12.8 Å². The molecule has 0 aromatic carbocycles. The summed E-state index contributed by atoms with van der Waals surface area (Å²) in [6.45, 7) is 4.41. The fourth-order valence-electron chi connectivity index (χ4n) is 2.49. The summed E-state index contributed by atoms with van der Waals surface area (Å²) in [5.41, 5.74) is 0. The highest BCUT2D eigenvalue weighted by atomic mass is 15.2. The number of H-pyrrole nitrogens is 1. The Labute approximate surface area is 90.9 Å². The number of hydrogen-bond acceptors (Lipinski definition) is 3. The van der Waals surface area contributed by atoms with E-state index in [0.29, 0.717) is 6.04 Å². The second-order valence-electron chi connectivity index (χ2n) is 4.59. The van der Waals surface area contributed by atoms with Crippen LogP contribution in [-0.2, 0) is 0 Å². The van der Waals surface area contributed by atoms with Crippen molar-refractivity contribution in [3.8, 4) is 0 Å². The lowest BCUT2D eigenvalue weighted by atomic mass is 9.99. The fraction of sp³-hybridized carbons (Fsp3) is 0.818. The zero-order valence-corrected chi connectivity index (χ0v) is 9.53. The molecule has 0 spiro atoms. The summed E-state index contributed by atoms with van der Waals surface area (Å²) in [5, 5.41) is 10.4. The van der Waals surface area contributed by atoms with Crippen LogP contribution in [0.2, 0.25) is 0 Å². The van der Waals surface area contributed by atoms with Gasteiger partial charge in [0.1, 0.15) is 12.2 Å². The van der Waals surface area contributed by atoms with Crippen LogP contribution < -0.4 is 5.32 Å². The van der Waals surface area contributed by atoms with Crippen LogP contribution in [0, 0.1) is 5.92 Å². The monoisotopic (exact) mass is 208 g/mol. The molecule has 0 radical (unpaired) electrons. The lowest BCUT2D eigenvalue weighted by Gasteiger charge is -2.23. The van der Waals surface area contributed by atoms with Crippen LogP contribution in [0.5, 0.6) is 0 Å². The van der Waals surface area contributed by atoms with Gasteiger partial charge in [-0.3, -0.25) is 5.10 Å². The van der Waals surface area contributed by atoms with Gasteiger partial charge in [0, 0.05) is 6.04 Å². The van der Waals surface area contributed by atoms with Gasteiger partial charge in [0.2, 0.25) is 0 Å². The molecule has 1 fully saturated rings. The van der Waals surface area contributed by atoms with Gasteiger partial charge in [-0.05, 0) is 32.6 Å². The highest BCUT2D eigenvalue weighted by molar-refractivity contribution is 4.91. The van der Waals surface area contributed by atoms with Crippen molar-refractivity contribution in [2.45, 2.75) is 51.6 Å². The molecule has 0 saturated heterocycles. The smallest absolute Gasteiger partial charge is 0.141 e. The quantitative estimate of drug-likeness (QED) is 0.796. The standard InChI is InChI=1S/C11H20N4/c1-8(10-5-3-4-6-10)14-9(2)11-12-7-13-15-11/h7-10,14H,3-6H2,1-2H3,(H,12,13,15). The zero-order valence-electron chi connectivity index (χ0n) is 9.53. The molecule has 2 unspecified atom stereocenters. The van der Waals surface area contributed by atoms with Gasteiger partial charge in [-0.15, -0.1) is 0 Å². The summed E-state index contributed by atoms with van der Waals surface area (Å²) in [6.07, 6.45) is 7.10. The molecule has 0 aliphatic heterocycles. The van der Waals surface area contributed by atoms with E-state index in [9.17, 15) is 0 Å². The molecule has 2 atom stereocenters. The van der Waals surface area contributed by atoms with Gasteiger partial charge >= 0.3 is 0 Å². The van der Waals surface area contributed by atoms with E-state index in [1.807, 2.05) is 0 Å². The summed E-state index contributed by atoms with van der Waals surface area (Å²) in [5.74, 6) is 1.77. The van der Waals surface area contributed by atoms with Crippen molar-refractivity contribution in [1.29, 1.82) is 0 Å². The summed E-state index contributed by atoms with van der Waals surface area (Å²) >= 11 is 0. The maximum Gasteiger partial charge on any atom is 0.141 e. The van der Waals surface area contributed by atoms with Crippen LogP contribution in [0.15, 0.2) is 6.33 Å². The van der Waals surface area contributed by atoms with E-state index in [-0.39, 0.29) is 6.04 Å². The molecule has 0 bridgehead atoms. The SMILES string of the molecule is CC(NC(C)C1CCCC1)c1ncn[nH]1. The van der Waals surface area contributed by atoms with Crippen molar-refractivity contribution in [3.63, 3.8) is 0 Å². The lowest BCUT2D eigenvalue weighted by Crippen LogP contribution is -2.34. The predicted molar refractivity (Wildman–Crippen MR) is 59.4 cm³/mol. The van der Waals surface area contributed by atoms with Crippen LogP contribution in [0.1, 0.15) is 51.4 Å². The minimum Gasteiger partial charge on any atom is -0.305 e. The largest absolute Gasteiger partial charge is 0.305 e. The van der Waals surface area contributed by atoms with Crippen molar-refractivity contribution in [1.82, 2.24) is 20.5 Å². The van der Waals surface area contributed by atoms with Gasteiger partial charge in [0.25, 0.3) is 0 Å². The molecule has 15 heavy (non-hydrogen) atoms. The molecule has 4 nitrogen and oxygen atoms in total. The second-order valence-corrected chi connectivity index (χ2v) is 4.59. The summed E-state index contributed by atoms with van der Waals surface area (Å²) in [6, 6.07) is 0.843. The molecular formula is C11H20N4. The number of rotatable bonds is 4. The molecule has 1 aliphatic carbocycles. The van der Waals surface area contributed by atoms with E-state index in [1.54, 1.807) is 6.33 Å². The fourth-order valence-corrected chi connectivity index (χ4v) is 2.49. The van der Waals surface area contributed by atoms with Gasteiger partial charge in [-0.25, -0.2) is 4.98 Å². The van der Waals surface area contributed by atoms with Crippen LogP contribution in [0.25, 0.3) is 0 Å². The number of aromatic nitrogens is 3. The molecule has 1 aliphatic rings. The van der Waals surface area contributed by atoms with E-state index < -0.39 is 0 Å². The Bertz CT molecular complexity index is 277. The molecule has 0 amide bonds. The molecule has 1 saturated carbocycles. The Morgan fingerprint density at radius 3 is 2.73 bits per heavy atom. The molecule has 4 heteroatoms. The van der Waals surface area contributed by atoms with Gasteiger partial charge in [0.15, 0.2) is 0 Å². The van der Waals surface area contributed by atoms with Crippen LogP contribution in [0.3, 0.4) is 0 Å². The zero-order chi connectivity index (χ0) is 10.7. The Balaban J connectivity index is 1.85. The molecule has 84 valence electrons. The Hall–Kier alpha value is -0.900. The first kappa shape index (κ1) is 10.6. The Kier molecular flexibility index (Phi) is 3.36. The van der Waals surface area contributed by atoms with Crippen LogP contribution in [-0.4, -0.2) is 21.2 Å². The molecule has 1 aromatic rings. The van der Waals surface area contributed by atoms with E-state index in [1.165, 1.54) is 25.7 Å². The highest BCUT2D eigenvalue weighted by Crippen LogP contribution is 2.28. The van der Waals surface area contributed by atoms with Crippen molar-refractivity contribution in [3.05, 3.63) is 12.2 Å². The first-order valence-electron chi connectivity index (χ1n) is 5.88. The maximum absolute atomic E-state index is 4.17. The topological polar surface area (TPSA) is 53.6 Å². The van der Waals surface area contributed by atoms with Gasteiger partial charge in [-0.2, -0.15) is 5.10 Å². The average molecular weight is 208 g/mol.